The molecule has 0 aromatic heterocycles. The number of carbonyl (C=O) groups is 1. The van der Waals surface area contributed by atoms with Gasteiger partial charge in [-0.15, -0.1) is 0 Å². The molecule has 1 saturated heterocycles. The van der Waals surface area contributed by atoms with E-state index in [1.165, 1.54) is 5.56 Å². The van der Waals surface area contributed by atoms with Gasteiger partial charge in [0, 0.05) is 24.1 Å². The lowest BCUT2D eigenvalue weighted by Crippen LogP contribution is -2.26. The molecule has 126 valence electrons. The number of ether oxygens (including phenoxy) is 2. The van der Waals surface area contributed by atoms with Crippen LogP contribution in [-0.4, -0.2) is 36.7 Å². The molecule has 1 fully saturated rings. The van der Waals surface area contributed by atoms with Crippen LogP contribution in [0, 0.1) is 0 Å². The first-order valence-corrected chi connectivity index (χ1v) is 8.82. The molecule has 0 amide bonds. The van der Waals surface area contributed by atoms with E-state index in [1.807, 2.05) is 42.5 Å². The second kappa shape index (κ2) is 8.31. The summed E-state index contributed by atoms with van der Waals surface area (Å²) in [5.41, 5.74) is 1.28. The van der Waals surface area contributed by atoms with Crippen LogP contribution >= 0.6 is 15.9 Å². The van der Waals surface area contributed by atoms with E-state index < -0.39 is 0 Å². The molecule has 1 aliphatic heterocycles. The first-order valence-electron chi connectivity index (χ1n) is 8.03. The second-order valence-corrected chi connectivity index (χ2v) is 6.78. The van der Waals surface area contributed by atoms with E-state index in [4.69, 9.17) is 9.47 Å². The van der Waals surface area contributed by atoms with Crippen molar-refractivity contribution in [1.82, 2.24) is 4.90 Å². The number of carbonyl (C=O) groups excluding carboxylic acids is 1. The summed E-state index contributed by atoms with van der Waals surface area (Å²) in [5, 5.41) is 0. The van der Waals surface area contributed by atoms with Gasteiger partial charge in [-0.2, -0.15) is 0 Å². The van der Waals surface area contributed by atoms with Crippen molar-refractivity contribution >= 4 is 21.9 Å². The maximum absolute atomic E-state index is 11.9. The van der Waals surface area contributed by atoms with Crippen LogP contribution in [0.2, 0.25) is 0 Å². The Bertz CT molecular complexity index is 660. The minimum absolute atomic E-state index is 0.0465. The third kappa shape index (κ3) is 5.08. The van der Waals surface area contributed by atoms with E-state index >= 15 is 0 Å². The molecule has 0 radical (unpaired) electrons. The van der Waals surface area contributed by atoms with Crippen LogP contribution in [0.4, 0.5) is 0 Å². The zero-order chi connectivity index (χ0) is 16.8. The Hall–Kier alpha value is -1.85. The van der Waals surface area contributed by atoms with Crippen molar-refractivity contribution in [3.63, 3.8) is 0 Å². The zero-order valence-electron chi connectivity index (χ0n) is 13.4. The van der Waals surface area contributed by atoms with Gasteiger partial charge in [0.15, 0.2) is 6.61 Å². The van der Waals surface area contributed by atoms with Crippen LogP contribution in [0.25, 0.3) is 0 Å². The molecular formula is C19H20BrNO3. The summed E-state index contributed by atoms with van der Waals surface area (Å²) in [6, 6.07) is 17.7. The number of hydrogen-bond donors (Lipinski definition) is 0. The molecule has 2 aromatic rings. The predicted molar refractivity (Wildman–Crippen MR) is 95.9 cm³/mol. The van der Waals surface area contributed by atoms with Crippen LogP contribution in [0.1, 0.15) is 12.0 Å². The Morgan fingerprint density at radius 3 is 2.62 bits per heavy atom. The van der Waals surface area contributed by atoms with Gasteiger partial charge in [-0.1, -0.05) is 46.3 Å². The molecular weight excluding hydrogens is 370 g/mol. The number of rotatable bonds is 6. The Morgan fingerprint density at radius 1 is 1.12 bits per heavy atom. The summed E-state index contributed by atoms with van der Waals surface area (Å²) in [6.07, 6.45) is 0.825. The quantitative estimate of drug-likeness (QED) is 0.706. The molecule has 1 heterocycles. The van der Waals surface area contributed by atoms with Crippen LogP contribution in [-0.2, 0) is 16.1 Å². The fourth-order valence-electron chi connectivity index (χ4n) is 2.77. The van der Waals surface area contributed by atoms with Crippen molar-refractivity contribution in [2.75, 3.05) is 19.7 Å². The van der Waals surface area contributed by atoms with Gasteiger partial charge in [0.25, 0.3) is 0 Å². The molecule has 24 heavy (non-hydrogen) atoms. The third-order valence-corrected chi connectivity index (χ3v) is 4.48. The molecule has 1 atom stereocenters. The lowest BCUT2D eigenvalue weighted by atomic mass is 10.2. The molecule has 2 aromatic carbocycles. The zero-order valence-corrected chi connectivity index (χ0v) is 14.9. The van der Waals surface area contributed by atoms with Crippen molar-refractivity contribution in [2.45, 2.75) is 19.1 Å². The normalized spacial score (nSPS) is 17.6. The summed E-state index contributed by atoms with van der Waals surface area (Å²) < 4.78 is 11.9. The van der Waals surface area contributed by atoms with E-state index in [0.717, 1.165) is 30.5 Å². The predicted octanol–water partition coefficient (Wildman–Crippen LogP) is 3.65. The van der Waals surface area contributed by atoms with Gasteiger partial charge < -0.3 is 9.47 Å². The van der Waals surface area contributed by atoms with Crippen LogP contribution in [0.5, 0.6) is 5.75 Å². The highest BCUT2D eigenvalue weighted by Gasteiger charge is 2.25. The molecule has 1 aliphatic rings. The standard InChI is InChI=1S/C19H20BrNO3/c20-16-6-8-17(9-7-16)23-14-19(22)24-18-10-11-21(13-18)12-15-4-2-1-3-5-15/h1-9,18H,10-14H2/t18-/m1/s1. The van der Waals surface area contributed by atoms with E-state index in [-0.39, 0.29) is 18.7 Å². The first-order chi connectivity index (χ1) is 11.7. The van der Waals surface area contributed by atoms with Crippen LogP contribution in [0.3, 0.4) is 0 Å². The number of esters is 1. The molecule has 3 rings (SSSR count). The van der Waals surface area contributed by atoms with Gasteiger partial charge >= 0.3 is 5.97 Å². The average molecular weight is 390 g/mol. The van der Waals surface area contributed by atoms with Gasteiger partial charge in [0.05, 0.1) is 0 Å². The summed E-state index contributed by atoms with van der Waals surface area (Å²) in [4.78, 5) is 14.2. The fraction of sp³-hybridized carbons (Fsp3) is 0.316. The Morgan fingerprint density at radius 2 is 1.88 bits per heavy atom. The summed E-state index contributed by atoms with van der Waals surface area (Å²) >= 11 is 3.36. The lowest BCUT2D eigenvalue weighted by Gasteiger charge is -2.16. The van der Waals surface area contributed by atoms with Crippen LogP contribution in [0.15, 0.2) is 59.1 Å². The van der Waals surface area contributed by atoms with Crippen molar-refractivity contribution in [2.24, 2.45) is 0 Å². The maximum atomic E-state index is 11.9. The third-order valence-electron chi connectivity index (χ3n) is 3.95. The van der Waals surface area contributed by atoms with Gasteiger partial charge in [0.1, 0.15) is 11.9 Å². The van der Waals surface area contributed by atoms with Gasteiger partial charge in [0.2, 0.25) is 0 Å². The minimum atomic E-state index is -0.315. The SMILES string of the molecule is O=C(COc1ccc(Br)cc1)O[C@@H]1CCN(Cc2ccccc2)C1. The number of hydrogen-bond acceptors (Lipinski definition) is 4. The van der Waals surface area contributed by atoms with Crippen molar-refractivity contribution in [3.05, 3.63) is 64.6 Å². The maximum Gasteiger partial charge on any atom is 0.344 e. The number of halogens is 1. The molecule has 0 saturated carbocycles. The van der Waals surface area contributed by atoms with Crippen molar-refractivity contribution in [1.29, 1.82) is 0 Å². The average Bonchev–Trinajstić information content (AvgIpc) is 3.02. The minimum Gasteiger partial charge on any atom is -0.482 e. The summed E-state index contributed by atoms with van der Waals surface area (Å²) in [7, 11) is 0. The summed E-state index contributed by atoms with van der Waals surface area (Å²) in [6.45, 7) is 2.56. The molecule has 5 heteroatoms. The highest BCUT2D eigenvalue weighted by molar-refractivity contribution is 9.10. The first kappa shape index (κ1) is 17.0. The summed E-state index contributed by atoms with van der Waals surface area (Å²) in [5.74, 6) is 0.344. The van der Waals surface area contributed by atoms with Gasteiger partial charge in [-0.05, 0) is 36.2 Å². The second-order valence-electron chi connectivity index (χ2n) is 5.86. The molecule has 0 bridgehead atoms. The largest absolute Gasteiger partial charge is 0.482 e. The molecule has 0 unspecified atom stereocenters. The van der Waals surface area contributed by atoms with Crippen molar-refractivity contribution in [3.8, 4) is 5.75 Å². The lowest BCUT2D eigenvalue weighted by molar-refractivity contribution is -0.150. The number of benzene rings is 2. The number of nitrogens with zero attached hydrogens (tertiary/aromatic N) is 1. The monoisotopic (exact) mass is 389 g/mol. The molecule has 4 nitrogen and oxygen atoms in total. The fourth-order valence-corrected chi connectivity index (χ4v) is 3.04. The highest BCUT2D eigenvalue weighted by Crippen LogP contribution is 2.18. The Labute approximate surface area is 150 Å². The van der Waals surface area contributed by atoms with E-state index in [1.54, 1.807) is 0 Å². The van der Waals surface area contributed by atoms with E-state index in [2.05, 4.69) is 33.0 Å². The van der Waals surface area contributed by atoms with E-state index in [9.17, 15) is 4.79 Å². The van der Waals surface area contributed by atoms with Gasteiger partial charge in [-0.25, -0.2) is 4.79 Å². The number of likely N-dealkylation sites (tertiary alicyclic amines) is 1. The highest BCUT2D eigenvalue weighted by atomic mass is 79.9. The van der Waals surface area contributed by atoms with Crippen molar-refractivity contribution < 1.29 is 14.3 Å². The topological polar surface area (TPSA) is 38.8 Å². The molecule has 0 N–H and O–H groups in total. The van der Waals surface area contributed by atoms with Crippen LogP contribution < -0.4 is 4.74 Å². The Kier molecular flexibility index (Phi) is 5.88. The van der Waals surface area contributed by atoms with Gasteiger partial charge in [-0.3, -0.25) is 4.90 Å². The Balaban J connectivity index is 1.40. The molecule has 0 spiro atoms. The van der Waals surface area contributed by atoms with E-state index in [0.29, 0.717) is 5.75 Å². The smallest absolute Gasteiger partial charge is 0.344 e. The molecule has 0 aliphatic carbocycles.